The van der Waals surface area contributed by atoms with Crippen LogP contribution >= 0.6 is 22.6 Å². The summed E-state index contributed by atoms with van der Waals surface area (Å²) in [6.07, 6.45) is 4.09. The number of hydrogen-bond acceptors (Lipinski definition) is 3. The maximum Gasteiger partial charge on any atom is 0.264 e. The summed E-state index contributed by atoms with van der Waals surface area (Å²) in [5.74, 6) is 1.17. The quantitative estimate of drug-likeness (QED) is 0.833. The third-order valence-corrected chi connectivity index (χ3v) is 4.05. The van der Waals surface area contributed by atoms with E-state index < -0.39 is 0 Å². The summed E-state index contributed by atoms with van der Waals surface area (Å²) in [5.41, 5.74) is 0.929. The fraction of sp³-hybridized carbons (Fsp3) is 0.667. The topological polar surface area (TPSA) is 55.0 Å². The summed E-state index contributed by atoms with van der Waals surface area (Å²) in [7, 11) is 1.66. The third kappa shape index (κ3) is 2.88. The van der Waals surface area contributed by atoms with Gasteiger partial charge >= 0.3 is 0 Å². The van der Waals surface area contributed by atoms with Gasteiger partial charge in [-0.2, -0.15) is 0 Å². The van der Waals surface area contributed by atoms with Crippen molar-refractivity contribution in [2.45, 2.75) is 44.6 Å². The highest BCUT2D eigenvalue weighted by Gasteiger charge is 2.29. The number of nitrogens with zero attached hydrogens (tertiary/aromatic N) is 1. The van der Waals surface area contributed by atoms with E-state index in [4.69, 9.17) is 4.74 Å². The van der Waals surface area contributed by atoms with Crippen LogP contribution in [0.1, 0.15) is 56.1 Å². The number of aromatic nitrogens is 2. The van der Waals surface area contributed by atoms with Gasteiger partial charge in [-0.3, -0.25) is 4.79 Å². The summed E-state index contributed by atoms with van der Waals surface area (Å²) in [6, 6.07) is 0. The Bertz CT molecular complexity index is 454. The van der Waals surface area contributed by atoms with Gasteiger partial charge in [-0.15, -0.1) is 0 Å². The van der Waals surface area contributed by atoms with Crippen molar-refractivity contribution in [2.75, 3.05) is 7.11 Å². The van der Waals surface area contributed by atoms with Gasteiger partial charge in [0.25, 0.3) is 5.56 Å². The van der Waals surface area contributed by atoms with Gasteiger partial charge in [-0.05, 0) is 41.9 Å². The zero-order valence-electron chi connectivity index (χ0n) is 10.1. The van der Waals surface area contributed by atoms with Crippen molar-refractivity contribution in [1.82, 2.24) is 9.97 Å². The molecule has 5 heteroatoms. The fourth-order valence-corrected chi connectivity index (χ4v) is 2.60. The maximum atomic E-state index is 11.9. The van der Waals surface area contributed by atoms with Gasteiger partial charge in [0.05, 0.1) is 9.26 Å². The average molecular weight is 348 g/mol. The highest BCUT2D eigenvalue weighted by molar-refractivity contribution is 14.1. The van der Waals surface area contributed by atoms with Crippen molar-refractivity contribution in [3.8, 4) is 0 Å². The number of H-pyrrole nitrogens is 1. The Morgan fingerprint density at radius 1 is 1.59 bits per heavy atom. The van der Waals surface area contributed by atoms with Crippen LogP contribution in [0.25, 0.3) is 0 Å². The van der Waals surface area contributed by atoms with Crippen molar-refractivity contribution in [2.24, 2.45) is 0 Å². The van der Waals surface area contributed by atoms with Gasteiger partial charge in [0.2, 0.25) is 0 Å². The monoisotopic (exact) mass is 348 g/mol. The molecular weight excluding hydrogens is 331 g/mol. The van der Waals surface area contributed by atoms with Crippen LogP contribution in [0, 0.1) is 3.57 Å². The molecule has 4 nitrogen and oxygen atoms in total. The molecule has 17 heavy (non-hydrogen) atoms. The molecule has 1 saturated carbocycles. The van der Waals surface area contributed by atoms with Crippen LogP contribution in [0.15, 0.2) is 4.79 Å². The Morgan fingerprint density at radius 3 is 2.82 bits per heavy atom. The minimum atomic E-state index is -0.0952. The highest BCUT2D eigenvalue weighted by Crippen LogP contribution is 2.40. The van der Waals surface area contributed by atoms with Crippen LogP contribution in [-0.2, 0) is 4.74 Å². The Morgan fingerprint density at radius 2 is 2.29 bits per heavy atom. The summed E-state index contributed by atoms with van der Waals surface area (Å²) in [4.78, 5) is 19.3. The second-order valence-corrected chi connectivity index (χ2v) is 5.52. The molecule has 1 heterocycles. The van der Waals surface area contributed by atoms with Gasteiger partial charge in [0.15, 0.2) is 0 Å². The molecule has 2 rings (SSSR count). The number of ether oxygens (including phenoxy) is 1. The first-order valence-electron chi connectivity index (χ1n) is 5.99. The van der Waals surface area contributed by atoms with E-state index in [2.05, 4.69) is 39.5 Å². The number of rotatable bonds is 5. The van der Waals surface area contributed by atoms with Crippen molar-refractivity contribution in [3.05, 3.63) is 25.4 Å². The lowest BCUT2D eigenvalue weighted by Crippen LogP contribution is -2.20. The molecule has 94 valence electrons. The molecule has 0 aliphatic heterocycles. The molecular formula is C12H17IN2O2. The van der Waals surface area contributed by atoms with E-state index in [1.54, 1.807) is 7.11 Å². The van der Waals surface area contributed by atoms with Crippen LogP contribution < -0.4 is 5.56 Å². The Hall–Kier alpha value is -0.430. The molecule has 1 aromatic rings. The molecule has 0 amide bonds. The predicted molar refractivity (Wildman–Crippen MR) is 74.2 cm³/mol. The van der Waals surface area contributed by atoms with Crippen LogP contribution in [0.3, 0.4) is 0 Å². The smallest absolute Gasteiger partial charge is 0.264 e. The van der Waals surface area contributed by atoms with Crippen molar-refractivity contribution in [1.29, 1.82) is 0 Å². The lowest BCUT2D eigenvalue weighted by molar-refractivity contribution is 0.0871. The lowest BCUT2D eigenvalue weighted by atomic mass is 10.2. The molecule has 1 unspecified atom stereocenters. The van der Waals surface area contributed by atoms with E-state index in [1.807, 2.05) is 0 Å². The Kier molecular flexibility index (Phi) is 4.19. The van der Waals surface area contributed by atoms with Crippen LogP contribution in [0.2, 0.25) is 0 Å². The van der Waals surface area contributed by atoms with Gasteiger partial charge in [-0.1, -0.05) is 13.3 Å². The minimum absolute atomic E-state index is 0.0318. The zero-order chi connectivity index (χ0) is 12.4. The molecule has 1 aliphatic rings. The summed E-state index contributed by atoms with van der Waals surface area (Å²) >= 11 is 2.09. The van der Waals surface area contributed by atoms with E-state index in [9.17, 15) is 4.79 Å². The SMILES string of the molecule is CCCC(OC)c1nc(C2CC2)c(I)c(=O)[nH]1. The van der Waals surface area contributed by atoms with Crippen LogP contribution in [0.4, 0.5) is 0 Å². The number of halogens is 1. The fourth-order valence-electron chi connectivity index (χ4n) is 1.90. The van der Waals surface area contributed by atoms with E-state index in [-0.39, 0.29) is 11.7 Å². The van der Waals surface area contributed by atoms with Crippen molar-refractivity contribution < 1.29 is 4.74 Å². The highest BCUT2D eigenvalue weighted by atomic mass is 127. The van der Waals surface area contributed by atoms with Crippen LogP contribution in [-0.4, -0.2) is 17.1 Å². The van der Waals surface area contributed by atoms with Gasteiger partial charge in [-0.25, -0.2) is 4.98 Å². The van der Waals surface area contributed by atoms with E-state index in [1.165, 1.54) is 0 Å². The molecule has 0 radical (unpaired) electrons. The number of methoxy groups -OCH3 is 1. The number of aromatic amines is 1. The van der Waals surface area contributed by atoms with E-state index >= 15 is 0 Å². The first-order chi connectivity index (χ1) is 8.17. The molecule has 1 fully saturated rings. The molecule has 1 aliphatic carbocycles. The largest absolute Gasteiger partial charge is 0.374 e. The van der Waals surface area contributed by atoms with E-state index in [0.29, 0.717) is 11.7 Å². The first-order valence-corrected chi connectivity index (χ1v) is 7.07. The van der Waals surface area contributed by atoms with Gasteiger partial charge in [0, 0.05) is 13.0 Å². The normalized spacial score (nSPS) is 17.1. The average Bonchev–Trinajstić information content (AvgIpc) is 3.13. The summed E-state index contributed by atoms with van der Waals surface area (Å²) in [5, 5.41) is 0. The van der Waals surface area contributed by atoms with E-state index in [0.717, 1.165) is 34.9 Å². The maximum absolute atomic E-state index is 11.9. The zero-order valence-corrected chi connectivity index (χ0v) is 12.3. The number of nitrogens with one attached hydrogen (secondary N) is 1. The standard InChI is InChI=1S/C12H17IN2O2/c1-3-4-8(17-2)11-14-10(7-5-6-7)9(13)12(16)15-11/h7-8H,3-6H2,1-2H3,(H,14,15,16). The van der Waals surface area contributed by atoms with Gasteiger partial charge < -0.3 is 9.72 Å². The second-order valence-electron chi connectivity index (χ2n) is 4.44. The second kappa shape index (κ2) is 5.48. The minimum Gasteiger partial charge on any atom is -0.374 e. The Labute approximate surface area is 114 Å². The molecule has 0 spiro atoms. The number of hydrogen-bond donors (Lipinski definition) is 1. The molecule has 0 bridgehead atoms. The molecule has 1 atom stereocenters. The molecule has 0 aromatic carbocycles. The van der Waals surface area contributed by atoms with Crippen molar-refractivity contribution >= 4 is 22.6 Å². The van der Waals surface area contributed by atoms with Crippen molar-refractivity contribution in [3.63, 3.8) is 0 Å². The van der Waals surface area contributed by atoms with Gasteiger partial charge in [0.1, 0.15) is 11.9 Å². The predicted octanol–water partition coefficient (Wildman–Crippen LogP) is 2.74. The summed E-state index contributed by atoms with van der Waals surface area (Å²) < 4.78 is 6.13. The lowest BCUT2D eigenvalue weighted by Gasteiger charge is -2.14. The first kappa shape index (κ1) is 13.0. The third-order valence-electron chi connectivity index (χ3n) is 3.01. The molecule has 1 N–H and O–H groups in total. The Balaban J connectivity index is 2.37. The molecule has 1 aromatic heterocycles. The molecule has 0 saturated heterocycles. The van der Waals surface area contributed by atoms with Crippen LogP contribution in [0.5, 0.6) is 0 Å². The summed E-state index contributed by atoms with van der Waals surface area (Å²) in [6.45, 7) is 2.10.